The maximum absolute atomic E-state index is 12.2. The van der Waals surface area contributed by atoms with E-state index in [9.17, 15) is 15.3 Å². The highest BCUT2D eigenvalue weighted by atomic mass is 79.9. The van der Waals surface area contributed by atoms with E-state index in [1.54, 1.807) is 18.2 Å². The van der Waals surface area contributed by atoms with Gasteiger partial charge in [0.05, 0.1) is 6.61 Å². The van der Waals surface area contributed by atoms with Crippen molar-refractivity contribution in [3.05, 3.63) is 74.0 Å². The number of aromatic amines is 1. The largest absolute Gasteiger partial charge is 0.490 e. The van der Waals surface area contributed by atoms with Crippen LogP contribution in [-0.2, 0) is 6.61 Å². The van der Waals surface area contributed by atoms with Crippen molar-refractivity contribution in [3.8, 4) is 34.8 Å². The molecule has 1 aromatic heterocycles. The minimum Gasteiger partial charge on any atom is -0.490 e. The van der Waals surface area contributed by atoms with Crippen molar-refractivity contribution in [2.75, 3.05) is 12.3 Å². The van der Waals surface area contributed by atoms with Gasteiger partial charge in [0.15, 0.2) is 11.5 Å². The van der Waals surface area contributed by atoms with Gasteiger partial charge in [0.2, 0.25) is 0 Å². The predicted molar refractivity (Wildman–Crippen MR) is 116 cm³/mol. The number of aromatic nitrogens is 1. The molecule has 0 unspecified atom stereocenters. The summed E-state index contributed by atoms with van der Waals surface area (Å²) in [5.41, 5.74) is 6.58. The summed E-state index contributed by atoms with van der Waals surface area (Å²) in [6.45, 7) is 2.54. The Labute approximate surface area is 181 Å². The molecule has 0 saturated heterocycles. The third-order valence-corrected chi connectivity index (χ3v) is 4.84. The third-order valence-electron chi connectivity index (χ3n) is 4.31. The second kappa shape index (κ2) is 9.17. The van der Waals surface area contributed by atoms with Crippen LogP contribution in [0.25, 0.3) is 11.1 Å². The SMILES string of the molecule is CCOc1cc(-c2c(C#N)c(N)[nH]c(=O)c2C#N)ccc1OCc1ccc(Br)cc1. The number of H-pyrrole nitrogens is 1. The number of ether oxygens (including phenoxy) is 2. The average Bonchev–Trinajstić information content (AvgIpc) is 2.73. The van der Waals surface area contributed by atoms with E-state index >= 15 is 0 Å². The number of halogens is 1. The topological polar surface area (TPSA) is 125 Å². The van der Waals surface area contributed by atoms with E-state index in [1.807, 2.05) is 43.3 Å². The summed E-state index contributed by atoms with van der Waals surface area (Å²) in [6.07, 6.45) is 0. The Morgan fingerprint density at radius 1 is 1.03 bits per heavy atom. The lowest BCUT2D eigenvalue weighted by molar-refractivity contribution is 0.269. The lowest BCUT2D eigenvalue weighted by Gasteiger charge is -2.15. The van der Waals surface area contributed by atoms with Gasteiger partial charge < -0.3 is 20.2 Å². The molecular formula is C22H17BrN4O3. The molecule has 2 aromatic carbocycles. The van der Waals surface area contributed by atoms with Crippen LogP contribution >= 0.6 is 15.9 Å². The Balaban J connectivity index is 2.04. The van der Waals surface area contributed by atoms with E-state index in [-0.39, 0.29) is 22.5 Å². The molecule has 150 valence electrons. The molecule has 8 heteroatoms. The first kappa shape index (κ1) is 21.0. The van der Waals surface area contributed by atoms with Crippen LogP contribution in [0, 0.1) is 22.7 Å². The number of nitrogens with two attached hydrogens (primary N) is 1. The molecular weight excluding hydrogens is 448 g/mol. The Morgan fingerprint density at radius 2 is 1.73 bits per heavy atom. The summed E-state index contributed by atoms with van der Waals surface area (Å²) in [5.74, 6) is 0.835. The molecule has 7 nitrogen and oxygen atoms in total. The summed E-state index contributed by atoms with van der Waals surface area (Å²) >= 11 is 3.40. The van der Waals surface area contributed by atoms with Crippen molar-refractivity contribution in [2.45, 2.75) is 13.5 Å². The molecule has 0 amide bonds. The smallest absolute Gasteiger partial charge is 0.268 e. The van der Waals surface area contributed by atoms with Crippen molar-refractivity contribution in [1.29, 1.82) is 10.5 Å². The van der Waals surface area contributed by atoms with E-state index in [4.69, 9.17) is 15.2 Å². The van der Waals surface area contributed by atoms with E-state index in [0.717, 1.165) is 10.0 Å². The molecule has 0 aliphatic carbocycles. The zero-order valence-corrected chi connectivity index (χ0v) is 17.6. The first-order chi connectivity index (χ1) is 14.5. The number of rotatable bonds is 6. The summed E-state index contributed by atoms with van der Waals surface area (Å²) in [5, 5.41) is 19.0. The van der Waals surface area contributed by atoms with Crippen LogP contribution in [0.5, 0.6) is 11.5 Å². The Bertz CT molecular complexity index is 1220. The maximum atomic E-state index is 12.2. The number of nitrogen functional groups attached to an aromatic ring is 1. The molecule has 3 N–H and O–H groups in total. The normalized spacial score (nSPS) is 10.1. The van der Waals surface area contributed by atoms with Gasteiger partial charge in [0.1, 0.15) is 35.7 Å². The summed E-state index contributed by atoms with van der Waals surface area (Å²) in [7, 11) is 0. The van der Waals surface area contributed by atoms with Crippen LogP contribution in [0.4, 0.5) is 5.82 Å². The highest BCUT2D eigenvalue weighted by molar-refractivity contribution is 9.10. The molecule has 30 heavy (non-hydrogen) atoms. The second-order valence-electron chi connectivity index (χ2n) is 6.23. The first-order valence-electron chi connectivity index (χ1n) is 8.98. The fourth-order valence-corrected chi connectivity index (χ4v) is 3.19. The fourth-order valence-electron chi connectivity index (χ4n) is 2.92. The minimum absolute atomic E-state index is 0.0251. The molecule has 0 radical (unpaired) electrons. The van der Waals surface area contributed by atoms with Gasteiger partial charge in [-0.05, 0) is 42.3 Å². The highest BCUT2D eigenvalue weighted by Gasteiger charge is 2.19. The van der Waals surface area contributed by atoms with Gasteiger partial charge in [0.25, 0.3) is 5.56 Å². The molecule has 0 bridgehead atoms. The number of anilines is 1. The van der Waals surface area contributed by atoms with Gasteiger partial charge in [-0.2, -0.15) is 10.5 Å². The van der Waals surface area contributed by atoms with Crippen molar-refractivity contribution in [1.82, 2.24) is 4.98 Å². The highest BCUT2D eigenvalue weighted by Crippen LogP contribution is 2.36. The van der Waals surface area contributed by atoms with Crippen molar-refractivity contribution >= 4 is 21.7 Å². The standard InChI is InChI=1S/C22H17BrN4O3/c1-2-29-19-9-14(20-16(10-24)21(26)27-22(28)17(20)11-25)5-8-18(19)30-12-13-3-6-15(23)7-4-13/h3-9H,2,12H2,1H3,(H3,26,27,28). The zero-order valence-electron chi connectivity index (χ0n) is 16.0. The van der Waals surface area contributed by atoms with Crippen LogP contribution in [0.3, 0.4) is 0 Å². The van der Waals surface area contributed by atoms with Gasteiger partial charge in [-0.1, -0.05) is 34.1 Å². The van der Waals surface area contributed by atoms with Crippen molar-refractivity contribution in [2.24, 2.45) is 0 Å². The van der Waals surface area contributed by atoms with E-state index < -0.39 is 5.56 Å². The second-order valence-corrected chi connectivity index (χ2v) is 7.14. The average molecular weight is 465 g/mol. The third kappa shape index (κ3) is 4.29. The lowest BCUT2D eigenvalue weighted by atomic mass is 9.96. The van der Waals surface area contributed by atoms with E-state index in [1.165, 1.54) is 0 Å². The van der Waals surface area contributed by atoms with Crippen LogP contribution in [0.2, 0.25) is 0 Å². The number of nitrogens with one attached hydrogen (secondary N) is 1. The molecule has 3 aromatic rings. The Kier molecular flexibility index (Phi) is 6.41. The van der Waals surface area contributed by atoms with Crippen LogP contribution < -0.4 is 20.8 Å². The van der Waals surface area contributed by atoms with E-state index in [2.05, 4.69) is 20.9 Å². The maximum Gasteiger partial charge on any atom is 0.268 e. The quantitative estimate of drug-likeness (QED) is 0.565. The van der Waals surface area contributed by atoms with Gasteiger partial charge in [-0.15, -0.1) is 0 Å². The predicted octanol–water partition coefficient (Wildman–Crippen LogP) is 4.11. The molecule has 0 spiro atoms. The van der Waals surface area contributed by atoms with Crippen LogP contribution in [-0.4, -0.2) is 11.6 Å². The van der Waals surface area contributed by atoms with Gasteiger partial charge in [0, 0.05) is 10.0 Å². The molecule has 0 atom stereocenters. The van der Waals surface area contributed by atoms with E-state index in [0.29, 0.717) is 30.3 Å². The Hall–Kier alpha value is -3.75. The lowest BCUT2D eigenvalue weighted by Crippen LogP contribution is -2.16. The number of nitrogens with zero attached hydrogens (tertiary/aromatic N) is 2. The minimum atomic E-state index is -0.655. The van der Waals surface area contributed by atoms with Crippen molar-refractivity contribution in [3.63, 3.8) is 0 Å². The van der Waals surface area contributed by atoms with Crippen LogP contribution in [0.15, 0.2) is 51.7 Å². The zero-order chi connectivity index (χ0) is 21.7. The van der Waals surface area contributed by atoms with Crippen molar-refractivity contribution < 1.29 is 9.47 Å². The molecule has 1 heterocycles. The molecule has 0 aliphatic rings. The first-order valence-corrected chi connectivity index (χ1v) is 9.78. The molecule has 0 saturated carbocycles. The van der Waals surface area contributed by atoms with Gasteiger partial charge in [-0.25, -0.2) is 0 Å². The van der Waals surface area contributed by atoms with Gasteiger partial charge in [-0.3, -0.25) is 4.79 Å². The van der Waals surface area contributed by atoms with Gasteiger partial charge >= 0.3 is 0 Å². The Morgan fingerprint density at radius 3 is 2.37 bits per heavy atom. The molecule has 3 rings (SSSR count). The molecule has 0 aliphatic heterocycles. The fraction of sp³-hybridized carbons (Fsp3) is 0.136. The molecule has 0 fully saturated rings. The summed E-state index contributed by atoms with van der Waals surface area (Å²) < 4.78 is 12.6. The summed E-state index contributed by atoms with van der Waals surface area (Å²) in [4.78, 5) is 14.5. The number of pyridine rings is 1. The summed E-state index contributed by atoms with van der Waals surface area (Å²) in [6, 6.07) is 16.5. The number of hydrogen-bond acceptors (Lipinski definition) is 6. The number of nitriles is 2. The number of benzene rings is 2. The van der Waals surface area contributed by atoms with Crippen LogP contribution in [0.1, 0.15) is 23.6 Å². The number of hydrogen-bond donors (Lipinski definition) is 2. The monoisotopic (exact) mass is 464 g/mol.